The van der Waals surface area contributed by atoms with Crippen LogP contribution in [0.3, 0.4) is 0 Å². The van der Waals surface area contributed by atoms with E-state index in [0.29, 0.717) is 11.3 Å². The zero-order valence-corrected chi connectivity index (χ0v) is 11.2. The predicted octanol–water partition coefficient (Wildman–Crippen LogP) is 3.21. The summed E-state index contributed by atoms with van der Waals surface area (Å²) in [5, 5.41) is 11.1. The van der Waals surface area contributed by atoms with E-state index >= 15 is 0 Å². The number of fused-ring (bicyclic) bond motifs is 1. The summed E-state index contributed by atoms with van der Waals surface area (Å²) >= 11 is 0. The van der Waals surface area contributed by atoms with Crippen LogP contribution in [0.5, 0.6) is 5.75 Å². The van der Waals surface area contributed by atoms with Gasteiger partial charge in [0.1, 0.15) is 0 Å². The molecule has 0 radical (unpaired) electrons. The van der Waals surface area contributed by atoms with Crippen LogP contribution in [0.2, 0.25) is 0 Å². The summed E-state index contributed by atoms with van der Waals surface area (Å²) in [6.07, 6.45) is 1.61. The predicted molar refractivity (Wildman–Crippen MR) is 78.2 cm³/mol. The van der Waals surface area contributed by atoms with E-state index in [4.69, 9.17) is 4.74 Å². The van der Waals surface area contributed by atoms with Gasteiger partial charge in [0.05, 0.1) is 35.0 Å². The van der Waals surface area contributed by atoms with Crippen molar-refractivity contribution in [2.75, 3.05) is 7.11 Å². The summed E-state index contributed by atoms with van der Waals surface area (Å²) in [6.45, 7) is 0. The minimum absolute atomic E-state index is 0.0926. The minimum atomic E-state index is -0.475. The number of methoxy groups -OCH3 is 1. The molecule has 104 valence electrons. The molecule has 0 aliphatic rings. The lowest BCUT2D eigenvalue weighted by atomic mass is 10.1. The molecule has 3 rings (SSSR count). The maximum Gasteiger partial charge on any atom is 0.311 e. The number of nitro groups is 1. The number of aromatic nitrogens is 2. The minimum Gasteiger partial charge on any atom is -0.490 e. The van der Waals surface area contributed by atoms with Gasteiger partial charge in [-0.05, 0) is 24.3 Å². The number of nitro benzene ring substituents is 1. The van der Waals surface area contributed by atoms with Gasteiger partial charge in [-0.2, -0.15) is 0 Å². The van der Waals surface area contributed by atoms with Crippen LogP contribution in [-0.4, -0.2) is 22.0 Å². The third-order valence-corrected chi connectivity index (χ3v) is 3.12. The molecule has 0 bridgehead atoms. The summed E-state index contributed by atoms with van der Waals surface area (Å²) in [5.74, 6) is 0.220. The van der Waals surface area contributed by atoms with Crippen LogP contribution in [0.25, 0.3) is 22.3 Å². The van der Waals surface area contributed by atoms with Gasteiger partial charge in [-0.25, -0.2) is 4.98 Å². The molecule has 6 heteroatoms. The maximum absolute atomic E-state index is 11.1. The highest BCUT2D eigenvalue weighted by Gasteiger charge is 2.16. The molecule has 0 amide bonds. The molecule has 3 aromatic rings. The Hall–Kier alpha value is -3.02. The lowest BCUT2D eigenvalue weighted by Gasteiger charge is -2.05. The fourth-order valence-electron chi connectivity index (χ4n) is 2.09. The van der Waals surface area contributed by atoms with Gasteiger partial charge in [0.25, 0.3) is 0 Å². The Morgan fingerprint density at radius 3 is 2.62 bits per heavy atom. The van der Waals surface area contributed by atoms with Crippen molar-refractivity contribution in [1.29, 1.82) is 0 Å². The van der Waals surface area contributed by atoms with E-state index in [-0.39, 0.29) is 11.4 Å². The van der Waals surface area contributed by atoms with Gasteiger partial charge >= 0.3 is 5.69 Å². The molecule has 0 saturated carbocycles. The molecule has 0 unspecified atom stereocenters. The van der Waals surface area contributed by atoms with Gasteiger partial charge in [0, 0.05) is 11.6 Å². The van der Waals surface area contributed by atoms with Crippen molar-refractivity contribution in [2.45, 2.75) is 0 Å². The normalized spacial score (nSPS) is 10.5. The lowest BCUT2D eigenvalue weighted by Crippen LogP contribution is -1.95. The van der Waals surface area contributed by atoms with Gasteiger partial charge in [-0.15, -0.1) is 0 Å². The number of nitrogens with zero attached hydrogens (tertiary/aromatic N) is 3. The Morgan fingerprint density at radius 1 is 1.14 bits per heavy atom. The first-order valence-corrected chi connectivity index (χ1v) is 6.23. The molecule has 0 aliphatic heterocycles. The van der Waals surface area contributed by atoms with Gasteiger partial charge in [-0.3, -0.25) is 15.1 Å². The van der Waals surface area contributed by atoms with E-state index in [1.54, 1.807) is 18.3 Å². The zero-order chi connectivity index (χ0) is 14.8. The summed E-state index contributed by atoms with van der Waals surface area (Å²) in [7, 11) is 1.40. The number of benzene rings is 2. The molecule has 1 aromatic heterocycles. The molecule has 21 heavy (non-hydrogen) atoms. The highest BCUT2D eigenvalue weighted by atomic mass is 16.6. The van der Waals surface area contributed by atoms with E-state index in [1.807, 2.05) is 24.3 Å². The molecule has 6 nitrogen and oxygen atoms in total. The van der Waals surface area contributed by atoms with Gasteiger partial charge < -0.3 is 4.74 Å². The van der Waals surface area contributed by atoms with Crippen molar-refractivity contribution in [3.05, 3.63) is 58.8 Å². The second kappa shape index (κ2) is 5.16. The maximum atomic E-state index is 11.1. The third-order valence-electron chi connectivity index (χ3n) is 3.12. The van der Waals surface area contributed by atoms with Crippen LogP contribution in [0.15, 0.2) is 48.7 Å². The average Bonchev–Trinajstić information content (AvgIpc) is 2.53. The monoisotopic (exact) mass is 281 g/mol. The van der Waals surface area contributed by atoms with Gasteiger partial charge in [0.2, 0.25) is 0 Å². The average molecular weight is 281 g/mol. The molecule has 0 N–H and O–H groups in total. The van der Waals surface area contributed by atoms with E-state index in [0.717, 1.165) is 11.0 Å². The molecule has 0 spiro atoms. The Morgan fingerprint density at radius 2 is 1.90 bits per heavy atom. The van der Waals surface area contributed by atoms with Crippen LogP contribution >= 0.6 is 0 Å². The Balaban J connectivity index is 2.13. The summed E-state index contributed by atoms with van der Waals surface area (Å²) in [5.41, 5.74) is 2.64. The first-order valence-electron chi connectivity index (χ1n) is 6.23. The first kappa shape index (κ1) is 13.0. The fourth-order valence-corrected chi connectivity index (χ4v) is 2.09. The summed E-state index contributed by atoms with van der Waals surface area (Å²) < 4.78 is 4.99. The second-order valence-corrected chi connectivity index (χ2v) is 4.39. The topological polar surface area (TPSA) is 78.2 Å². The van der Waals surface area contributed by atoms with E-state index < -0.39 is 4.92 Å². The third kappa shape index (κ3) is 2.38. The Labute approximate surface area is 120 Å². The molecular weight excluding hydrogens is 270 g/mol. The van der Waals surface area contributed by atoms with Crippen molar-refractivity contribution >= 4 is 16.7 Å². The second-order valence-electron chi connectivity index (χ2n) is 4.39. The quantitative estimate of drug-likeness (QED) is 0.544. The smallest absolute Gasteiger partial charge is 0.311 e. The van der Waals surface area contributed by atoms with E-state index in [1.165, 1.54) is 13.2 Å². The molecule has 1 heterocycles. The van der Waals surface area contributed by atoms with Crippen molar-refractivity contribution in [3.8, 4) is 17.0 Å². The molecule has 0 saturated heterocycles. The summed E-state index contributed by atoms with van der Waals surface area (Å²) in [6, 6.07) is 12.2. The van der Waals surface area contributed by atoms with Gasteiger partial charge in [-0.1, -0.05) is 12.1 Å². The first-order chi connectivity index (χ1) is 10.2. The SMILES string of the molecule is COc1ccc(-c2cnc3ccccc3n2)cc1[N+](=O)[O-]. The molecular formula is C15H11N3O3. The Kier molecular flexibility index (Phi) is 3.19. The lowest BCUT2D eigenvalue weighted by molar-refractivity contribution is -0.385. The fraction of sp³-hybridized carbons (Fsp3) is 0.0667. The highest BCUT2D eigenvalue weighted by molar-refractivity contribution is 5.77. The van der Waals surface area contributed by atoms with Crippen molar-refractivity contribution in [2.24, 2.45) is 0 Å². The van der Waals surface area contributed by atoms with Crippen LogP contribution in [0, 0.1) is 10.1 Å². The van der Waals surface area contributed by atoms with Crippen molar-refractivity contribution < 1.29 is 9.66 Å². The number of hydrogen-bond donors (Lipinski definition) is 0. The van der Waals surface area contributed by atoms with Crippen LogP contribution in [0.4, 0.5) is 5.69 Å². The number of hydrogen-bond acceptors (Lipinski definition) is 5. The van der Waals surface area contributed by atoms with E-state index in [9.17, 15) is 10.1 Å². The molecule has 2 aromatic carbocycles. The van der Waals surface area contributed by atoms with Crippen LogP contribution in [-0.2, 0) is 0 Å². The Bertz CT molecular complexity index is 833. The highest BCUT2D eigenvalue weighted by Crippen LogP contribution is 2.31. The van der Waals surface area contributed by atoms with E-state index in [2.05, 4.69) is 9.97 Å². The van der Waals surface area contributed by atoms with Crippen molar-refractivity contribution in [1.82, 2.24) is 9.97 Å². The van der Waals surface area contributed by atoms with Crippen molar-refractivity contribution in [3.63, 3.8) is 0 Å². The largest absolute Gasteiger partial charge is 0.490 e. The molecule has 0 fully saturated rings. The number of para-hydroxylation sites is 2. The van der Waals surface area contributed by atoms with Crippen LogP contribution in [0.1, 0.15) is 0 Å². The standard InChI is InChI=1S/C15H11N3O3/c1-21-15-7-6-10(8-14(15)18(19)20)13-9-16-11-4-2-3-5-12(11)17-13/h2-9H,1H3. The zero-order valence-electron chi connectivity index (χ0n) is 11.2. The van der Waals surface area contributed by atoms with Crippen LogP contribution < -0.4 is 4.74 Å². The molecule has 0 atom stereocenters. The number of rotatable bonds is 3. The number of ether oxygens (including phenoxy) is 1. The van der Waals surface area contributed by atoms with Gasteiger partial charge in [0.15, 0.2) is 5.75 Å². The summed E-state index contributed by atoms with van der Waals surface area (Å²) in [4.78, 5) is 19.4. The molecule has 0 aliphatic carbocycles.